The Balaban J connectivity index is 0.00000180. The van der Waals surface area contributed by atoms with Crippen LogP contribution in [0.15, 0.2) is 18.2 Å². The zero-order valence-corrected chi connectivity index (χ0v) is 12.4. The Hall–Kier alpha value is -1.06. The number of fused-ring (bicyclic) bond motifs is 1. The van der Waals surface area contributed by atoms with E-state index in [9.17, 15) is 4.79 Å². The van der Waals surface area contributed by atoms with E-state index in [2.05, 4.69) is 23.5 Å². The van der Waals surface area contributed by atoms with E-state index in [0.717, 1.165) is 32.4 Å². The summed E-state index contributed by atoms with van der Waals surface area (Å²) in [6.45, 7) is 4.02. The summed E-state index contributed by atoms with van der Waals surface area (Å²) in [5, 5.41) is 3.41. The number of carbonyl (C=O) groups is 1. The van der Waals surface area contributed by atoms with Crippen LogP contribution in [0.3, 0.4) is 0 Å². The van der Waals surface area contributed by atoms with Gasteiger partial charge in [0.2, 0.25) is 0 Å². The molecule has 0 unspecified atom stereocenters. The maximum Gasteiger partial charge on any atom is 0.308 e. The monoisotopic (exact) mass is 283 g/mol. The Bertz CT molecular complexity index is 434. The molecule has 1 atom stereocenters. The van der Waals surface area contributed by atoms with Gasteiger partial charge in [-0.05, 0) is 49.0 Å². The average Bonchev–Trinajstić information content (AvgIpc) is 2.62. The second kappa shape index (κ2) is 7.51. The molecular formula is C15H22ClNO2. The third kappa shape index (κ3) is 4.22. The molecule has 106 valence electrons. The first-order valence-corrected chi connectivity index (χ1v) is 6.60. The Morgan fingerprint density at radius 1 is 1.32 bits per heavy atom. The van der Waals surface area contributed by atoms with Crippen LogP contribution in [0.5, 0.6) is 0 Å². The predicted molar refractivity (Wildman–Crippen MR) is 78.9 cm³/mol. The fourth-order valence-electron chi connectivity index (χ4n) is 2.49. The Morgan fingerprint density at radius 2 is 2.00 bits per heavy atom. The predicted octanol–water partition coefficient (Wildman–Crippen LogP) is 2.15. The van der Waals surface area contributed by atoms with Gasteiger partial charge in [-0.3, -0.25) is 4.79 Å². The SMILES string of the molecule is COC(=O)[C@H](C)Cc1ccc2c(c1)CCNCC2.Cl. The van der Waals surface area contributed by atoms with Crippen LogP contribution in [0, 0.1) is 5.92 Å². The van der Waals surface area contributed by atoms with E-state index in [-0.39, 0.29) is 24.3 Å². The Morgan fingerprint density at radius 3 is 2.68 bits per heavy atom. The average molecular weight is 284 g/mol. The van der Waals surface area contributed by atoms with Gasteiger partial charge in [-0.2, -0.15) is 0 Å². The summed E-state index contributed by atoms with van der Waals surface area (Å²) in [4.78, 5) is 11.4. The quantitative estimate of drug-likeness (QED) is 0.864. The van der Waals surface area contributed by atoms with E-state index in [4.69, 9.17) is 4.74 Å². The van der Waals surface area contributed by atoms with Crippen molar-refractivity contribution < 1.29 is 9.53 Å². The molecule has 3 nitrogen and oxygen atoms in total. The summed E-state index contributed by atoms with van der Waals surface area (Å²) in [7, 11) is 1.45. The van der Waals surface area contributed by atoms with Gasteiger partial charge in [0.1, 0.15) is 0 Å². The number of nitrogens with one attached hydrogen (secondary N) is 1. The van der Waals surface area contributed by atoms with Crippen molar-refractivity contribution in [3.8, 4) is 0 Å². The molecule has 1 heterocycles. The van der Waals surface area contributed by atoms with E-state index < -0.39 is 0 Å². The standard InChI is InChI=1S/C15H21NO2.ClH/c1-11(15(17)18-2)9-12-3-4-13-5-7-16-8-6-14(13)10-12;/h3-4,10-11,16H,5-9H2,1-2H3;1H/t11-;/m1./s1. The summed E-state index contributed by atoms with van der Waals surface area (Å²) in [6, 6.07) is 6.60. The minimum absolute atomic E-state index is 0. The summed E-state index contributed by atoms with van der Waals surface area (Å²) in [6.07, 6.45) is 2.94. The summed E-state index contributed by atoms with van der Waals surface area (Å²) < 4.78 is 4.77. The van der Waals surface area contributed by atoms with Crippen molar-refractivity contribution in [1.29, 1.82) is 0 Å². The molecule has 1 aliphatic heterocycles. The molecule has 0 spiro atoms. The fourth-order valence-corrected chi connectivity index (χ4v) is 2.49. The first-order chi connectivity index (χ1) is 8.70. The van der Waals surface area contributed by atoms with Crippen LogP contribution in [-0.2, 0) is 28.8 Å². The molecule has 0 aliphatic carbocycles. The van der Waals surface area contributed by atoms with Gasteiger partial charge < -0.3 is 10.1 Å². The zero-order chi connectivity index (χ0) is 13.0. The number of hydrogen-bond acceptors (Lipinski definition) is 3. The summed E-state index contributed by atoms with van der Waals surface area (Å²) >= 11 is 0. The van der Waals surface area contributed by atoms with Crippen LogP contribution in [0.4, 0.5) is 0 Å². The number of benzene rings is 1. The normalized spacial score (nSPS) is 15.7. The molecule has 0 fully saturated rings. The van der Waals surface area contributed by atoms with Gasteiger partial charge in [-0.1, -0.05) is 25.1 Å². The molecule has 4 heteroatoms. The highest BCUT2D eigenvalue weighted by atomic mass is 35.5. The molecule has 0 amide bonds. The number of carbonyl (C=O) groups excluding carboxylic acids is 1. The van der Waals surface area contributed by atoms with Crippen molar-refractivity contribution in [1.82, 2.24) is 5.32 Å². The third-order valence-corrected chi connectivity index (χ3v) is 3.56. The smallest absolute Gasteiger partial charge is 0.308 e. The highest BCUT2D eigenvalue weighted by Crippen LogP contribution is 2.18. The second-order valence-corrected chi connectivity index (χ2v) is 4.98. The van der Waals surface area contributed by atoms with E-state index in [1.807, 2.05) is 6.92 Å². The fraction of sp³-hybridized carbons (Fsp3) is 0.533. The van der Waals surface area contributed by atoms with Gasteiger partial charge in [-0.25, -0.2) is 0 Å². The molecule has 0 bridgehead atoms. The summed E-state index contributed by atoms with van der Waals surface area (Å²) in [5.74, 6) is -0.205. The number of rotatable bonds is 3. The Labute approximate surface area is 121 Å². The lowest BCUT2D eigenvalue weighted by Gasteiger charge is -2.12. The van der Waals surface area contributed by atoms with Crippen molar-refractivity contribution in [2.45, 2.75) is 26.2 Å². The van der Waals surface area contributed by atoms with Crippen LogP contribution < -0.4 is 5.32 Å². The van der Waals surface area contributed by atoms with Gasteiger partial charge in [0.25, 0.3) is 0 Å². The van der Waals surface area contributed by atoms with Crippen LogP contribution in [0.1, 0.15) is 23.6 Å². The maximum atomic E-state index is 11.4. The van der Waals surface area contributed by atoms with Gasteiger partial charge in [0, 0.05) is 0 Å². The number of ether oxygens (including phenoxy) is 1. The lowest BCUT2D eigenvalue weighted by atomic mass is 9.95. The van der Waals surface area contributed by atoms with E-state index >= 15 is 0 Å². The number of hydrogen-bond donors (Lipinski definition) is 1. The van der Waals surface area contributed by atoms with Gasteiger partial charge in [0.15, 0.2) is 0 Å². The Kier molecular flexibility index (Phi) is 6.32. The number of esters is 1. The van der Waals surface area contributed by atoms with Crippen molar-refractivity contribution >= 4 is 18.4 Å². The van der Waals surface area contributed by atoms with Crippen LogP contribution in [0.2, 0.25) is 0 Å². The molecule has 0 saturated heterocycles. The molecule has 1 aromatic rings. The van der Waals surface area contributed by atoms with Gasteiger partial charge in [0.05, 0.1) is 13.0 Å². The van der Waals surface area contributed by atoms with Crippen LogP contribution in [0.25, 0.3) is 0 Å². The number of methoxy groups -OCH3 is 1. The summed E-state index contributed by atoms with van der Waals surface area (Å²) in [5.41, 5.74) is 4.09. The minimum Gasteiger partial charge on any atom is -0.469 e. The van der Waals surface area contributed by atoms with Crippen molar-refractivity contribution in [3.63, 3.8) is 0 Å². The highest BCUT2D eigenvalue weighted by Gasteiger charge is 2.15. The van der Waals surface area contributed by atoms with Gasteiger partial charge >= 0.3 is 5.97 Å². The first kappa shape index (κ1) is 16.0. The second-order valence-electron chi connectivity index (χ2n) is 4.98. The molecule has 0 radical (unpaired) electrons. The zero-order valence-electron chi connectivity index (χ0n) is 11.6. The van der Waals surface area contributed by atoms with Crippen molar-refractivity contribution in [3.05, 3.63) is 34.9 Å². The topological polar surface area (TPSA) is 38.3 Å². The molecular weight excluding hydrogens is 262 g/mol. The first-order valence-electron chi connectivity index (χ1n) is 6.60. The van der Waals surface area contributed by atoms with E-state index in [1.165, 1.54) is 23.8 Å². The molecule has 1 aliphatic rings. The lowest BCUT2D eigenvalue weighted by Crippen LogP contribution is -2.16. The molecule has 0 aromatic heterocycles. The van der Waals surface area contributed by atoms with Gasteiger partial charge in [-0.15, -0.1) is 12.4 Å². The number of halogens is 1. The molecule has 1 N–H and O–H groups in total. The largest absolute Gasteiger partial charge is 0.469 e. The minimum atomic E-state index is -0.133. The van der Waals surface area contributed by atoms with Crippen LogP contribution in [-0.4, -0.2) is 26.2 Å². The highest BCUT2D eigenvalue weighted by molar-refractivity contribution is 5.85. The van der Waals surface area contributed by atoms with Crippen LogP contribution >= 0.6 is 12.4 Å². The van der Waals surface area contributed by atoms with E-state index in [1.54, 1.807) is 0 Å². The molecule has 2 rings (SSSR count). The van der Waals surface area contributed by atoms with E-state index in [0.29, 0.717) is 0 Å². The van der Waals surface area contributed by atoms with Crippen molar-refractivity contribution in [2.75, 3.05) is 20.2 Å². The molecule has 0 saturated carbocycles. The molecule has 1 aromatic carbocycles. The third-order valence-electron chi connectivity index (χ3n) is 3.56. The van der Waals surface area contributed by atoms with Crippen molar-refractivity contribution in [2.24, 2.45) is 5.92 Å². The lowest BCUT2D eigenvalue weighted by molar-refractivity contribution is -0.144. The maximum absolute atomic E-state index is 11.4. The molecule has 19 heavy (non-hydrogen) atoms.